The van der Waals surface area contributed by atoms with Crippen LogP contribution in [0.15, 0.2) is 18.2 Å². The maximum Gasteiger partial charge on any atom is 0.387 e. The van der Waals surface area contributed by atoms with Gasteiger partial charge in [-0.05, 0) is 69.6 Å². The highest BCUT2D eigenvalue weighted by atomic mass is 32.2. The molecule has 12 heteroatoms. The van der Waals surface area contributed by atoms with Crippen LogP contribution in [0.3, 0.4) is 0 Å². The quantitative estimate of drug-likeness (QED) is 0.320. The first kappa shape index (κ1) is 29.2. The SMILES string of the molecule is CCn1nc(C(=O)NCC2(O)CCC(NS(=O)O)CC2)c(C)c1-c1ccc(CC(C)C)cc1OC(F)F. The van der Waals surface area contributed by atoms with E-state index in [9.17, 15) is 22.9 Å². The number of halogens is 2. The number of carbonyl (C=O) groups excluding carboxylic acids is 1. The van der Waals surface area contributed by atoms with E-state index in [-0.39, 0.29) is 24.0 Å². The summed E-state index contributed by atoms with van der Waals surface area (Å²) in [6.07, 6.45) is 2.40. The maximum absolute atomic E-state index is 13.3. The third-order valence-corrected chi connectivity index (χ3v) is 7.16. The van der Waals surface area contributed by atoms with Gasteiger partial charge in [0.15, 0.2) is 5.69 Å². The van der Waals surface area contributed by atoms with Crippen molar-refractivity contribution in [2.75, 3.05) is 6.54 Å². The number of rotatable bonds is 11. The number of aryl methyl sites for hydroxylation is 1. The number of carbonyl (C=O) groups is 1. The van der Waals surface area contributed by atoms with Gasteiger partial charge in [0.05, 0.1) is 11.3 Å². The second-order valence-electron chi connectivity index (χ2n) is 9.99. The van der Waals surface area contributed by atoms with E-state index in [0.717, 1.165) is 5.56 Å². The first-order valence-electron chi connectivity index (χ1n) is 12.5. The summed E-state index contributed by atoms with van der Waals surface area (Å²) >= 11 is -2.12. The number of amides is 1. The van der Waals surface area contributed by atoms with E-state index in [2.05, 4.69) is 15.1 Å². The van der Waals surface area contributed by atoms with Gasteiger partial charge < -0.3 is 15.2 Å². The molecule has 1 aromatic carbocycles. The lowest BCUT2D eigenvalue weighted by Crippen LogP contribution is -2.48. The molecule has 37 heavy (non-hydrogen) atoms. The summed E-state index contributed by atoms with van der Waals surface area (Å²) in [4.78, 5) is 13.1. The first-order valence-corrected chi connectivity index (χ1v) is 13.6. The topological polar surface area (TPSA) is 126 Å². The van der Waals surface area contributed by atoms with E-state index < -0.39 is 29.4 Å². The van der Waals surface area contributed by atoms with E-state index in [1.165, 1.54) is 0 Å². The van der Waals surface area contributed by atoms with Crippen LogP contribution < -0.4 is 14.8 Å². The predicted octanol–water partition coefficient (Wildman–Crippen LogP) is 3.81. The molecule has 1 unspecified atom stereocenters. The van der Waals surface area contributed by atoms with Gasteiger partial charge in [-0.15, -0.1) is 0 Å². The van der Waals surface area contributed by atoms with Crippen LogP contribution in [0.25, 0.3) is 11.3 Å². The Kier molecular flexibility index (Phi) is 9.79. The molecule has 3 rings (SSSR count). The van der Waals surface area contributed by atoms with Gasteiger partial charge in [-0.1, -0.05) is 19.9 Å². The highest BCUT2D eigenvalue weighted by Crippen LogP contribution is 2.36. The number of nitrogens with zero attached hydrogens (tertiary/aromatic N) is 2. The molecule has 0 spiro atoms. The lowest BCUT2D eigenvalue weighted by molar-refractivity contribution is -0.0495. The Bertz CT molecular complexity index is 1120. The van der Waals surface area contributed by atoms with Gasteiger partial charge in [0.2, 0.25) is 11.3 Å². The molecule has 1 aromatic heterocycles. The number of hydrogen-bond acceptors (Lipinski definition) is 5. The molecule has 0 bridgehead atoms. The van der Waals surface area contributed by atoms with E-state index in [1.807, 2.05) is 26.8 Å². The Labute approximate surface area is 218 Å². The van der Waals surface area contributed by atoms with Crippen molar-refractivity contribution in [2.45, 2.75) is 84.6 Å². The van der Waals surface area contributed by atoms with Crippen LogP contribution in [0.1, 0.15) is 68.1 Å². The van der Waals surface area contributed by atoms with E-state index in [0.29, 0.717) is 61.4 Å². The fourth-order valence-corrected chi connectivity index (χ4v) is 5.33. The summed E-state index contributed by atoms with van der Waals surface area (Å²) < 4.78 is 55.5. The zero-order chi connectivity index (χ0) is 27.3. The van der Waals surface area contributed by atoms with Crippen molar-refractivity contribution in [2.24, 2.45) is 5.92 Å². The predicted molar refractivity (Wildman–Crippen MR) is 137 cm³/mol. The summed E-state index contributed by atoms with van der Waals surface area (Å²) in [5, 5.41) is 18.1. The van der Waals surface area contributed by atoms with Gasteiger partial charge in [0.1, 0.15) is 5.75 Å². The summed E-state index contributed by atoms with van der Waals surface area (Å²) in [5.74, 6) is -0.117. The molecule has 4 N–H and O–H groups in total. The molecule has 1 heterocycles. The molecule has 1 aliphatic rings. The van der Waals surface area contributed by atoms with Gasteiger partial charge in [-0.2, -0.15) is 13.9 Å². The molecule has 1 aliphatic carbocycles. The molecular weight excluding hydrogens is 506 g/mol. The van der Waals surface area contributed by atoms with Crippen molar-refractivity contribution in [1.29, 1.82) is 0 Å². The largest absolute Gasteiger partial charge is 0.434 e. The minimum absolute atomic E-state index is 0.00182. The second-order valence-corrected chi connectivity index (χ2v) is 10.7. The van der Waals surface area contributed by atoms with E-state index >= 15 is 0 Å². The zero-order valence-electron chi connectivity index (χ0n) is 21.6. The number of ether oxygens (including phenoxy) is 1. The number of aromatic nitrogens is 2. The lowest BCUT2D eigenvalue weighted by Gasteiger charge is -2.35. The van der Waals surface area contributed by atoms with Gasteiger partial charge in [0.25, 0.3) is 5.91 Å². The molecule has 0 radical (unpaired) electrons. The zero-order valence-corrected chi connectivity index (χ0v) is 22.4. The van der Waals surface area contributed by atoms with Crippen LogP contribution in [0.5, 0.6) is 5.75 Å². The molecule has 1 amide bonds. The Morgan fingerprint density at radius 2 is 2.00 bits per heavy atom. The summed E-state index contributed by atoms with van der Waals surface area (Å²) in [7, 11) is 0. The van der Waals surface area contributed by atoms with Gasteiger partial charge >= 0.3 is 6.61 Å². The molecular formula is C25H36F2N4O5S. The van der Waals surface area contributed by atoms with Gasteiger partial charge in [-0.3, -0.25) is 14.0 Å². The molecule has 1 atom stereocenters. The van der Waals surface area contributed by atoms with Gasteiger partial charge in [-0.25, -0.2) is 8.93 Å². The minimum atomic E-state index is -3.00. The van der Waals surface area contributed by atoms with Crippen molar-refractivity contribution in [3.8, 4) is 17.0 Å². The number of hydrogen-bond donors (Lipinski definition) is 4. The van der Waals surface area contributed by atoms with Crippen LogP contribution in [0, 0.1) is 12.8 Å². The average Bonchev–Trinajstić information content (AvgIpc) is 3.14. The smallest absolute Gasteiger partial charge is 0.387 e. The average molecular weight is 543 g/mol. The van der Waals surface area contributed by atoms with Crippen molar-refractivity contribution < 1.29 is 32.2 Å². The summed E-state index contributed by atoms with van der Waals surface area (Å²) in [6, 6.07) is 5.03. The van der Waals surface area contributed by atoms with Crippen LogP contribution in [-0.4, -0.2) is 54.4 Å². The highest BCUT2D eigenvalue weighted by Gasteiger charge is 2.34. The molecule has 0 saturated heterocycles. The van der Waals surface area contributed by atoms with Crippen LogP contribution in [-0.2, 0) is 24.2 Å². The third kappa shape index (κ3) is 7.56. The normalized spacial score (nSPS) is 20.9. The van der Waals surface area contributed by atoms with Crippen molar-refractivity contribution in [1.82, 2.24) is 19.8 Å². The molecule has 206 valence electrons. The van der Waals surface area contributed by atoms with Crippen molar-refractivity contribution in [3.63, 3.8) is 0 Å². The standard InChI is InChI=1S/C25H36F2N4O5S/c1-5-31-22(19-7-6-17(12-15(2)3)13-20(19)36-24(26)27)16(4)21(29-31)23(32)28-14-25(33)10-8-18(9-11-25)30-37(34)35/h6-7,13,15,18,24,30,33H,5,8-12,14H2,1-4H3,(H,28,32)(H,34,35). The Hall–Kier alpha value is -2.41. The molecule has 1 saturated carbocycles. The second kappa shape index (κ2) is 12.4. The molecule has 1 fully saturated rings. The van der Waals surface area contributed by atoms with Crippen molar-refractivity contribution >= 4 is 17.2 Å². The summed E-state index contributed by atoms with van der Waals surface area (Å²) in [6.45, 7) is 5.02. The van der Waals surface area contributed by atoms with Crippen LogP contribution in [0.4, 0.5) is 8.78 Å². The molecule has 2 aromatic rings. The Balaban J connectivity index is 1.82. The Morgan fingerprint density at radius 1 is 1.32 bits per heavy atom. The Morgan fingerprint density at radius 3 is 2.57 bits per heavy atom. The van der Waals surface area contributed by atoms with Crippen molar-refractivity contribution in [3.05, 3.63) is 35.0 Å². The van der Waals surface area contributed by atoms with Crippen LogP contribution in [0.2, 0.25) is 0 Å². The minimum Gasteiger partial charge on any atom is -0.434 e. The highest BCUT2D eigenvalue weighted by molar-refractivity contribution is 7.77. The number of benzene rings is 1. The fourth-order valence-electron chi connectivity index (χ4n) is 4.81. The maximum atomic E-state index is 13.3. The molecule has 9 nitrogen and oxygen atoms in total. The fraction of sp³-hybridized carbons (Fsp3) is 0.600. The van der Waals surface area contributed by atoms with E-state index in [4.69, 9.17) is 9.29 Å². The number of aliphatic hydroxyl groups is 1. The number of nitrogens with one attached hydrogen (secondary N) is 2. The molecule has 0 aliphatic heterocycles. The summed E-state index contributed by atoms with van der Waals surface area (Å²) in [5.41, 5.74) is 1.32. The lowest BCUT2D eigenvalue weighted by atomic mass is 9.82. The van der Waals surface area contributed by atoms with E-state index in [1.54, 1.807) is 23.7 Å². The number of alkyl halides is 2. The van der Waals surface area contributed by atoms with Gasteiger partial charge in [0, 0.05) is 30.3 Å². The third-order valence-electron chi connectivity index (χ3n) is 6.63. The monoisotopic (exact) mass is 542 g/mol. The first-order chi connectivity index (χ1) is 17.4. The van der Waals surface area contributed by atoms with Crippen LogP contribution >= 0.6 is 0 Å².